The Hall–Kier alpha value is -1.61. The molecule has 1 aromatic carbocycles. The van der Waals surface area contributed by atoms with Crippen LogP contribution in [0.5, 0.6) is 0 Å². The second-order valence-corrected chi connectivity index (χ2v) is 13.9. The molecule has 1 aliphatic rings. The van der Waals surface area contributed by atoms with Crippen molar-refractivity contribution in [2.75, 3.05) is 6.61 Å². The van der Waals surface area contributed by atoms with E-state index in [1.165, 1.54) is 0 Å². The summed E-state index contributed by atoms with van der Waals surface area (Å²) in [4.78, 5) is 12.1. The molecule has 1 heterocycles. The van der Waals surface area contributed by atoms with Crippen LogP contribution in [0.3, 0.4) is 0 Å². The van der Waals surface area contributed by atoms with Gasteiger partial charge in [0.05, 0.1) is 18.6 Å². The zero-order valence-corrected chi connectivity index (χ0v) is 19.2. The minimum atomic E-state index is -1.88. The molecule has 154 valence electrons. The first-order valence-electron chi connectivity index (χ1n) is 10.2. The lowest BCUT2D eigenvalue weighted by atomic mass is 9.83. The van der Waals surface area contributed by atoms with Crippen molar-refractivity contribution in [2.45, 2.75) is 77.4 Å². The summed E-state index contributed by atoms with van der Waals surface area (Å²) in [5, 5.41) is 3.16. The molecule has 28 heavy (non-hydrogen) atoms. The lowest BCUT2D eigenvalue weighted by Crippen LogP contribution is -2.63. The Kier molecular flexibility index (Phi) is 7.88. The molecule has 5 heteroatoms. The maximum atomic E-state index is 12.1. The molecule has 0 aromatic heterocycles. The van der Waals surface area contributed by atoms with Gasteiger partial charge in [-0.1, -0.05) is 57.0 Å². The molecule has 0 radical (unpaired) electrons. The summed E-state index contributed by atoms with van der Waals surface area (Å²) < 4.78 is 12.0. The van der Waals surface area contributed by atoms with Crippen LogP contribution in [0.15, 0.2) is 30.3 Å². The highest BCUT2D eigenvalue weighted by atomic mass is 28.4. The lowest BCUT2D eigenvalue weighted by Gasteiger charge is -2.45. The monoisotopic (exact) mass is 401 g/mol. The topological polar surface area (TPSA) is 47.6 Å². The van der Waals surface area contributed by atoms with Crippen molar-refractivity contribution in [2.24, 2.45) is 5.92 Å². The Morgan fingerprint density at radius 3 is 2.46 bits per heavy atom. The molecule has 0 spiro atoms. The number of rotatable bonds is 8. The summed E-state index contributed by atoms with van der Waals surface area (Å²) in [6, 6.07) is 10.2. The lowest BCUT2D eigenvalue weighted by molar-refractivity contribution is -0.140. The smallest absolute Gasteiger partial charge is 0.228 e. The number of benzene rings is 1. The van der Waals surface area contributed by atoms with Crippen molar-refractivity contribution < 1.29 is 14.0 Å². The first-order chi connectivity index (χ1) is 13.1. The van der Waals surface area contributed by atoms with Crippen LogP contribution >= 0.6 is 0 Å². The van der Waals surface area contributed by atoms with E-state index in [2.05, 4.69) is 51.0 Å². The number of carbonyl (C=O) groups is 1. The van der Waals surface area contributed by atoms with Crippen LogP contribution in [0.4, 0.5) is 0 Å². The highest BCUT2D eigenvalue weighted by Gasteiger charge is 2.46. The number of carbonyl (C=O) groups excluding carboxylic acids is 1. The Bertz CT molecular complexity index is 700. The summed E-state index contributed by atoms with van der Waals surface area (Å²) in [6.45, 7) is 14.2. The zero-order valence-electron chi connectivity index (χ0n) is 18.2. The van der Waals surface area contributed by atoms with Crippen molar-refractivity contribution in [1.29, 1.82) is 0 Å². The van der Waals surface area contributed by atoms with Gasteiger partial charge in [0.1, 0.15) is 6.61 Å². The van der Waals surface area contributed by atoms with Gasteiger partial charge in [0.2, 0.25) is 5.91 Å². The maximum Gasteiger partial charge on any atom is 0.228 e. The molecule has 1 saturated heterocycles. The summed E-state index contributed by atoms with van der Waals surface area (Å²) >= 11 is 0. The predicted octanol–water partition coefficient (Wildman–Crippen LogP) is 4.51. The zero-order chi connectivity index (χ0) is 20.8. The number of ether oxygens (including phenoxy) is 1. The Labute approximate surface area is 171 Å². The van der Waals surface area contributed by atoms with E-state index >= 15 is 0 Å². The fraction of sp³-hybridized carbons (Fsp3) is 0.609. The third kappa shape index (κ3) is 6.20. The van der Waals surface area contributed by atoms with Crippen LogP contribution in [0.1, 0.15) is 46.1 Å². The molecule has 1 aromatic rings. The number of nitrogens with one attached hydrogen (secondary N) is 1. The second kappa shape index (κ2) is 9.73. The molecule has 1 aliphatic heterocycles. The Morgan fingerprint density at radius 1 is 1.18 bits per heavy atom. The summed E-state index contributed by atoms with van der Waals surface area (Å²) in [5.74, 6) is 6.26. The van der Waals surface area contributed by atoms with Gasteiger partial charge in [0.25, 0.3) is 0 Å². The quantitative estimate of drug-likeness (QED) is 0.302. The number of amides is 1. The van der Waals surface area contributed by atoms with Crippen LogP contribution < -0.4 is 5.32 Å². The molecular formula is C23H35NO3Si. The average Bonchev–Trinajstić information content (AvgIpc) is 2.59. The first kappa shape index (κ1) is 22.7. The second-order valence-electron chi connectivity index (χ2n) is 9.09. The largest absolute Gasteiger partial charge is 0.413 e. The van der Waals surface area contributed by atoms with Crippen LogP contribution in [-0.2, 0) is 20.6 Å². The molecule has 1 N–H and O–H groups in total. The van der Waals surface area contributed by atoms with Gasteiger partial charge in [-0.2, -0.15) is 0 Å². The molecule has 0 bridgehead atoms. The molecule has 0 saturated carbocycles. The molecule has 3 atom stereocenters. The first-order valence-corrected chi connectivity index (χ1v) is 13.1. The van der Waals surface area contributed by atoms with E-state index < -0.39 is 8.32 Å². The van der Waals surface area contributed by atoms with Gasteiger partial charge in [0.15, 0.2) is 8.32 Å². The van der Waals surface area contributed by atoms with E-state index in [1.807, 2.05) is 37.3 Å². The highest BCUT2D eigenvalue weighted by molar-refractivity contribution is 6.74. The van der Waals surface area contributed by atoms with Gasteiger partial charge in [-0.25, -0.2) is 0 Å². The van der Waals surface area contributed by atoms with Crippen molar-refractivity contribution >= 4 is 14.2 Å². The van der Waals surface area contributed by atoms with Crippen LogP contribution in [-0.4, -0.2) is 33.0 Å². The molecule has 4 nitrogen and oxygen atoms in total. The van der Waals surface area contributed by atoms with Gasteiger partial charge in [-0.3, -0.25) is 4.79 Å². The van der Waals surface area contributed by atoms with Crippen LogP contribution in [0.2, 0.25) is 18.1 Å². The maximum absolute atomic E-state index is 12.1. The van der Waals surface area contributed by atoms with Crippen molar-refractivity contribution in [3.63, 3.8) is 0 Å². The SMILES string of the molecule is C[C@@H](O[Si](C)(C)C(C)(C)C)[C@H]1C(=O)N[C@@H]1CCC#CCOCc1ccccc1. The average molecular weight is 402 g/mol. The number of β-lactam (4-membered cyclic amide) rings is 1. The molecule has 1 amide bonds. The van der Waals surface area contributed by atoms with Crippen molar-refractivity contribution in [3.05, 3.63) is 35.9 Å². The van der Waals surface area contributed by atoms with E-state index in [4.69, 9.17) is 9.16 Å². The minimum Gasteiger partial charge on any atom is -0.413 e. The fourth-order valence-electron chi connectivity index (χ4n) is 3.12. The van der Waals surface area contributed by atoms with Gasteiger partial charge < -0.3 is 14.5 Å². The van der Waals surface area contributed by atoms with Gasteiger partial charge >= 0.3 is 0 Å². The Balaban J connectivity index is 1.72. The standard InChI is InChI=1S/C23H35NO3Si/c1-18(27-28(5,6)23(2,3)4)21-20(24-22(21)25)15-11-8-12-16-26-17-19-13-9-7-10-14-19/h7,9-10,13-14,18,20-21H,11,15-17H2,1-6H3,(H,24,25)/t18-,20-,21-/m1/s1. The predicted molar refractivity (Wildman–Crippen MR) is 116 cm³/mol. The fourth-order valence-corrected chi connectivity index (χ4v) is 4.55. The Morgan fingerprint density at radius 2 is 1.86 bits per heavy atom. The summed E-state index contributed by atoms with van der Waals surface area (Å²) in [7, 11) is -1.88. The van der Waals surface area contributed by atoms with Gasteiger partial charge in [-0.05, 0) is 37.0 Å². The highest BCUT2D eigenvalue weighted by Crippen LogP contribution is 2.39. The van der Waals surface area contributed by atoms with Gasteiger partial charge in [-0.15, -0.1) is 5.92 Å². The van der Waals surface area contributed by atoms with Crippen molar-refractivity contribution in [1.82, 2.24) is 5.32 Å². The van der Waals surface area contributed by atoms with Crippen LogP contribution in [0.25, 0.3) is 0 Å². The molecule has 1 fully saturated rings. The van der Waals surface area contributed by atoms with E-state index in [-0.39, 0.29) is 29.0 Å². The number of hydrogen-bond donors (Lipinski definition) is 1. The molecule has 0 aliphatic carbocycles. The van der Waals surface area contributed by atoms with E-state index in [1.54, 1.807) is 0 Å². The normalized spacial score (nSPS) is 20.6. The minimum absolute atomic E-state index is 0.0539. The molecule has 2 rings (SSSR count). The third-order valence-corrected chi connectivity index (χ3v) is 10.4. The summed E-state index contributed by atoms with van der Waals surface area (Å²) in [6.07, 6.45) is 1.55. The number of hydrogen-bond acceptors (Lipinski definition) is 3. The van der Waals surface area contributed by atoms with Crippen molar-refractivity contribution in [3.8, 4) is 11.8 Å². The van der Waals surface area contributed by atoms with E-state index in [0.29, 0.717) is 13.2 Å². The molecular weight excluding hydrogens is 366 g/mol. The van der Waals surface area contributed by atoms with Crippen LogP contribution in [0, 0.1) is 17.8 Å². The summed E-state index contributed by atoms with van der Waals surface area (Å²) in [5.41, 5.74) is 1.15. The van der Waals surface area contributed by atoms with E-state index in [9.17, 15) is 4.79 Å². The van der Waals surface area contributed by atoms with Gasteiger partial charge in [0, 0.05) is 12.5 Å². The van der Waals surface area contributed by atoms with E-state index in [0.717, 1.165) is 18.4 Å². The third-order valence-electron chi connectivity index (χ3n) is 5.85. The molecule has 0 unspecified atom stereocenters.